The van der Waals surface area contributed by atoms with E-state index < -0.39 is 24.9 Å². The highest BCUT2D eigenvalue weighted by Gasteiger charge is 2.22. The number of rotatable bonds is 4. The van der Waals surface area contributed by atoms with Gasteiger partial charge in [0.1, 0.15) is 18.3 Å². The van der Waals surface area contributed by atoms with Gasteiger partial charge >= 0.3 is 0 Å². The van der Waals surface area contributed by atoms with Crippen LogP contribution in [0.15, 0.2) is 0 Å². The van der Waals surface area contributed by atoms with Gasteiger partial charge in [-0.05, 0) is 0 Å². The molecule has 0 rings (SSSR count). The molecule has 0 unspecified atom stereocenters. The lowest BCUT2D eigenvalue weighted by Gasteiger charge is -2.16. The Hall–Kier alpha value is -0.490. The van der Waals surface area contributed by atoms with Gasteiger partial charge in [-0.3, -0.25) is 0 Å². The van der Waals surface area contributed by atoms with Crippen molar-refractivity contribution in [1.29, 1.82) is 0 Å². The second kappa shape index (κ2) is 4.35. The van der Waals surface area contributed by atoms with Gasteiger partial charge < -0.3 is 25.2 Å². The summed E-state index contributed by atoms with van der Waals surface area (Å²) in [6.07, 6.45) is -4.63. The molecule has 0 amide bonds. The van der Waals surface area contributed by atoms with E-state index in [0.29, 0.717) is 0 Å². The predicted octanol–water partition coefficient (Wildman–Crippen LogP) is -2.74. The highest BCUT2D eigenvalue weighted by atomic mass is 16.4. The minimum Gasteiger partial charge on any atom is -0.394 e. The van der Waals surface area contributed by atoms with Crippen molar-refractivity contribution >= 4 is 6.29 Å². The fraction of sp³-hybridized carbons (Fsp3) is 0.800. The Morgan fingerprint density at radius 1 is 1.30 bits per heavy atom. The summed E-state index contributed by atoms with van der Waals surface area (Å²) in [7, 11) is 0. The van der Waals surface area contributed by atoms with Crippen molar-refractivity contribution in [2.24, 2.45) is 0 Å². The summed E-state index contributed by atoms with van der Waals surface area (Å²) >= 11 is 0. The lowest BCUT2D eigenvalue weighted by Crippen LogP contribution is -2.40. The zero-order chi connectivity index (χ0) is 8.15. The third-order valence-corrected chi connectivity index (χ3v) is 1.07. The van der Waals surface area contributed by atoms with Crippen LogP contribution in [0.25, 0.3) is 0 Å². The minimum absolute atomic E-state index is 0.0869. The molecule has 0 heterocycles. The first-order valence-corrected chi connectivity index (χ1v) is 2.73. The van der Waals surface area contributed by atoms with Gasteiger partial charge in [0, 0.05) is 0 Å². The zero-order valence-corrected chi connectivity index (χ0v) is 5.21. The zero-order valence-electron chi connectivity index (χ0n) is 5.21. The van der Waals surface area contributed by atoms with Crippen LogP contribution in [0.3, 0.4) is 0 Å². The molecule has 0 saturated carbocycles. The fourth-order valence-electron chi connectivity index (χ4n) is 0.416. The maximum Gasteiger partial charge on any atom is 0.151 e. The minimum atomic E-state index is -1.64. The Morgan fingerprint density at radius 2 is 1.80 bits per heavy atom. The maximum absolute atomic E-state index is 9.76. The van der Waals surface area contributed by atoms with Crippen molar-refractivity contribution in [2.45, 2.75) is 18.3 Å². The summed E-state index contributed by atoms with van der Waals surface area (Å²) in [5.41, 5.74) is 0. The number of hydrogen-bond donors (Lipinski definition) is 4. The molecule has 0 aliphatic carbocycles. The highest BCUT2D eigenvalue weighted by molar-refractivity contribution is 5.56. The lowest BCUT2D eigenvalue weighted by molar-refractivity contribution is -0.127. The van der Waals surface area contributed by atoms with E-state index in [0.717, 1.165) is 0 Å². The summed E-state index contributed by atoms with van der Waals surface area (Å²) < 4.78 is 0. The number of aliphatic hydroxyl groups is 4. The van der Waals surface area contributed by atoms with Crippen LogP contribution >= 0.6 is 0 Å². The second-order valence-electron chi connectivity index (χ2n) is 1.87. The molecule has 5 heteroatoms. The molecule has 60 valence electrons. The largest absolute Gasteiger partial charge is 0.394 e. The number of aldehydes is 1. The lowest BCUT2D eigenvalue weighted by atomic mass is 10.3. The summed E-state index contributed by atoms with van der Waals surface area (Å²) in [5.74, 6) is 0. The second-order valence-corrected chi connectivity index (χ2v) is 1.87. The average molecular weight is 151 g/mol. The smallest absolute Gasteiger partial charge is 0.151 e. The molecule has 0 aromatic rings. The van der Waals surface area contributed by atoms with Crippen LogP contribution in [-0.2, 0) is 4.79 Å². The van der Waals surface area contributed by atoms with Gasteiger partial charge in [-0.2, -0.15) is 0 Å². The summed E-state index contributed by atoms with van der Waals surface area (Å²) in [6, 6.07) is 0. The van der Waals surface area contributed by atoms with Crippen LogP contribution in [0.5, 0.6) is 0 Å². The van der Waals surface area contributed by atoms with E-state index in [-0.39, 0.29) is 6.29 Å². The van der Waals surface area contributed by atoms with Gasteiger partial charge in [-0.1, -0.05) is 0 Å². The summed E-state index contributed by atoms with van der Waals surface area (Å²) in [6.45, 7) is -0.688. The molecule has 0 aromatic heterocycles. The molecule has 0 aromatic carbocycles. The summed E-state index contributed by atoms with van der Waals surface area (Å²) in [4.78, 5) is 9.76. The van der Waals surface area contributed by atoms with E-state index in [9.17, 15) is 4.79 Å². The molecule has 0 fully saturated rings. The SMILES string of the molecule is O=C[C@H](O)[C@H](O)[13C@H](O)CO. The van der Waals surface area contributed by atoms with Crippen molar-refractivity contribution in [3.05, 3.63) is 0 Å². The van der Waals surface area contributed by atoms with E-state index >= 15 is 0 Å². The van der Waals surface area contributed by atoms with Crippen molar-refractivity contribution < 1.29 is 25.2 Å². The van der Waals surface area contributed by atoms with Gasteiger partial charge in [0.2, 0.25) is 0 Å². The number of hydrogen-bond acceptors (Lipinski definition) is 5. The average Bonchev–Trinajstić information content (AvgIpc) is 2.00. The molecule has 3 atom stereocenters. The van der Waals surface area contributed by atoms with Crippen LogP contribution in [0.2, 0.25) is 0 Å². The number of carbonyl (C=O) groups excluding carboxylic acids is 1. The molecule has 0 bridgehead atoms. The molecule has 0 radical (unpaired) electrons. The van der Waals surface area contributed by atoms with E-state index in [1.165, 1.54) is 0 Å². The van der Waals surface area contributed by atoms with Crippen molar-refractivity contribution in [2.75, 3.05) is 6.61 Å². The van der Waals surface area contributed by atoms with E-state index in [4.69, 9.17) is 20.4 Å². The molecule has 0 saturated heterocycles. The van der Waals surface area contributed by atoms with Crippen molar-refractivity contribution in [3.63, 3.8) is 0 Å². The third-order valence-electron chi connectivity index (χ3n) is 1.07. The highest BCUT2D eigenvalue weighted by Crippen LogP contribution is 1.96. The first-order valence-electron chi connectivity index (χ1n) is 2.73. The topological polar surface area (TPSA) is 98.0 Å². The van der Waals surface area contributed by atoms with Crippen molar-refractivity contribution in [3.8, 4) is 0 Å². The monoisotopic (exact) mass is 151 g/mol. The fourth-order valence-corrected chi connectivity index (χ4v) is 0.416. The molecule has 0 aliphatic rings. The molecule has 0 spiro atoms. The Bertz CT molecular complexity index is 104. The Kier molecular flexibility index (Phi) is 4.13. The van der Waals surface area contributed by atoms with Crippen LogP contribution in [0.4, 0.5) is 0 Å². The first-order chi connectivity index (χ1) is 4.63. The van der Waals surface area contributed by atoms with Gasteiger partial charge in [0.05, 0.1) is 6.61 Å². The van der Waals surface area contributed by atoms with Crippen molar-refractivity contribution in [1.82, 2.24) is 0 Å². The number of aliphatic hydroxyl groups excluding tert-OH is 4. The van der Waals surface area contributed by atoms with E-state index in [2.05, 4.69) is 0 Å². The number of carbonyl (C=O) groups is 1. The standard InChI is InChI=1S/C5H10O5/c6-1-3(8)5(10)4(9)2-7/h1,3-5,7-10H,2H2/t3-,4+,5-/m0/s1/i4+1. The molecule has 10 heavy (non-hydrogen) atoms. The van der Waals surface area contributed by atoms with E-state index in [1.807, 2.05) is 0 Å². The van der Waals surface area contributed by atoms with Crippen LogP contribution in [0.1, 0.15) is 0 Å². The van der Waals surface area contributed by atoms with Gasteiger partial charge in [0.15, 0.2) is 6.29 Å². The molecular weight excluding hydrogens is 141 g/mol. The van der Waals surface area contributed by atoms with Gasteiger partial charge in [-0.25, -0.2) is 0 Å². The predicted molar refractivity (Wildman–Crippen MR) is 31.2 cm³/mol. The molecular formula is C5H10O5. The van der Waals surface area contributed by atoms with E-state index in [1.54, 1.807) is 0 Å². The normalized spacial score (nSPS) is 19.6. The Morgan fingerprint density at radius 3 is 2.10 bits per heavy atom. The third kappa shape index (κ3) is 2.40. The van der Waals surface area contributed by atoms with Crippen LogP contribution < -0.4 is 0 Å². The first kappa shape index (κ1) is 9.51. The van der Waals surface area contributed by atoms with Gasteiger partial charge in [0.25, 0.3) is 0 Å². The quantitative estimate of drug-likeness (QED) is 0.258. The Balaban J connectivity index is 3.80. The molecule has 0 aliphatic heterocycles. The van der Waals surface area contributed by atoms with Crippen LogP contribution in [-0.4, -0.2) is 51.6 Å². The van der Waals surface area contributed by atoms with Crippen LogP contribution in [0, 0.1) is 0 Å². The molecule has 4 N–H and O–H groups in total. The van der Waals surface area contributed by atoms with Gasteiger partial charge in [-0.15, -0.1) is 0 Å². The maximum atomic E-state index is 9.76. The summed E-state index contributed by atoms with van der Waals surface area (Å²) in [5, 5.41) is 34.1. The molecule has 5 nitrogen and oxygen atoms in total. The Labute approximate surface area is 57.5 Å².